The average molecular weight is 651 g/mol. The van der Waals surface area contributed by atoms with Crippen molar-refractivity contribution >= 4 is 83.2 Å². The van der Waals surface area contributed by atoms with E-state index in [0.29, 0.717) is 13.2 Å². The summed E-state index contributed by atoms with van der Waals surface area (Å²) >= 11 is 0. The fourth-order valence-corrected chi connectivity index (χ4v) is 13.1. The molecule has 0 spiro atoms. The molecule has 0 fully saturated rings. The van der Waals surface area contributed by atoms with Crippen molar-refractivity contribution in [2.45, 2.75) is 64.8 Å². The summed E-state index contributed by atoms with van der Waals surface area (Å²) in [4.78, 5) is 0. The van der Waals surface area contributed by atoms with Gasteiger partial charge in [-0.1, -0.05) is 149 Å². The van der Waals surface area contributed by atoms with Gasteiger partial charge >= 0.3 is 18.6 Å². The van der Waals surface area contributed by atoms with Crippen molar-refractivity contribution in [3.8, 4) is 0 Å². The molecule has 0 saturated heterocycles. The highest BCUT2D eigenvalue weighted by molar-refractivity contribution is 6.59. The number of benzene rings is 8. The number of unbranched alkanes of at least 4 members (excludes halogenated alkanes) is 2. The average Bonchev–Trinajstić information content (AvgIpc) is 3.12. The third kappa shape index (κ3) is 5.81. The molecule has 236 valence electrons. The van der Waals surface area contributed by atoms with Gasteiger partial charge in [0.15, 0.2) is 0 Å². The molecule has 8 aromatic carbocycles. The van der Waals surface area contributed by atoms with Crippen LogP contribution in [0.25, 0.3) is 64.6 Å². The molecule has 47 heavy (non-hydrogen) atoms. The van der Waals surface area contributed by atoms with Crippen LogP contribution in [0.3, 0.4) is 0 Å². The van der Waals surface area contributed by atoms with E-state index in [0.717, 1.165) is 37.8 Å². The van der Waals surface area contributed by atoms with Crippen LogP contribution in [0.15, 0.2) is 109 Å². The zero-order valence-corrected chi connectivity index (χ0v) is 29.7. The lowest BCUT2D eigenvalue weighted by atomic mass is 9.92. The molecular formula is C42H42O3Si2. The lowest BCUT2D eigenvalue weighted by Crippen LogP contribution is -2.34. The topological polar surface area (TPSA) is 27.7 Å². The second-order valence-electron chi connectivity index (χ2n) is 13.1. The number of hydrogen-bond donors (Lipinski definition) is 0. The fraction of sp³-hybridized carbons (Fsp3) is 0.238. The van der Waals surface area contributed by atoms with E-state index in [1.54, 1.807) is 0 Å². The summed E-state index contributed by atoms with van der Waals surface area (Å²) in [6.45, 7) is 5.67. The fourth-order valence-electron chi connectivity index (χ4n) is 7.50. The van der Waals surface area contributed by atoms with Crippen LogP contribution in [0.5, 0.6) is 0 Å². The van der Waals surface area contributed by atoms with Gasteiger partial charge in [-0.05, 0) is 87.8 Å². The van der Waals surface area contributed by atoms with Crippen LogP contribution in [0.2, 0.25) is 12.1 Å². The van der Waals surface area contributed by atoms with Gasteiger partial charge in [-0.15, -0.1) is 0 Å². The summed E-state index contributed by atoms with van der Waals surface area (Å²) in [5, 5.41) is 15.7. The molecule has 0 aliphatic carbocycles. The molecule has 0 N–H and O–H groups in total. The Morgan fingerprint density at radius 2 is 0.787 bits per heavy atom. The molecule has 8 aromatic rings. The predicted octanol–water partition coefficient (Wildman–Crippen LogP) is 11.3. The van der Waals surface area contributed by atoms with Crippen molar-refractivity contribution in [2.24, 2.45) is 0 Å². The molecule has 2 unspecified atom stereocenters. The lowest BCUT2D eigenvalue weighted by molar-refractivity contribution is 0.207. The molecule has 0 aromatic heterocycles. The first kappa shape index (κ1) is 30.5. The second-order valence-corrected chi connectivity index (χ2v) is 17.7. The Morgan fingerprint density at radius 3 is 1.19 bits per heavy atom. The first-order valence-corrected chi connectivity index (χ1v) is 20.9. The molecule has 0 bridgehead atoms. The van der Waals surface area contributed by atoms with Gasteiger partial charge in [0.1, 0.15) is 0 Å². The van der Waals surface area contributed by atoms with Gasteiger partial charge in [-0.2, -0.15) is 0 Å². The molecule has 0 radical (unpaired) electrons. The first-order valence-electron chi connectivity index (χ1n) is 17.4. The summed E-state index contributed by atoms with van der Waals surface area (Å²) in [5.41, 5.74) is 2.49. The molecule has 0 amide bonds. The van der Waals surface area contributed by atoms with Crippen molar-refractivity contribution in [1.29, 1.82) is 0 Å². The summed E-state index contributed by atoms with van der Waals surface area (Å²) in [5.74, 6) is 0. The molecular weight excluding hydrogens is 609 g/mol. The maximum Gasteiger partial charge on any atom is 0.312 e. The zero-order valence-electron chi connectivity index (χ0n) is 27.4. The van der Waals surface area contributed by atoms with E-state index in [1.807, 2.05) is 0 Å². The van der Waals surface area contributed by atoms with Crippen molar-refractivity contribution < 1.29 is 13.0 Å². The first-order chi connectivity index (χ1) is 23.2. The van der Waals surface area contributed by atoms with Gasteiger partial charge in [0.25, 0.3) is 0 Å². The van der Waals surface area contributed by atoms with Crippen LogP contribution < -0.4 is 0 Å². The smallest absolute Gasteiger partial charge is 0.312 e. The Hall–Kier alpha value is -3.85. The van der Waals surface area contributed by atoms with E-state index < -0.39 is 18.6 Å². The van der Waals surface area contributed by atoms with Gasteiger partial charge in [0.2, 0.25) is 0 Å². The van der Waals surface area contributed by atoms with Gasteiger partial charge in [0, 0.05) is 0 Å². The molecule has 0 aliphatic heterocycles. The van der Waals surface area contributed by atoms with Crippen LogP contribution >= 0.6 is 0 Å². The molecule has 8 rings (SSSR count). The number of hydrogen-bond acceptors (Lipinski definition) is 3. The SMILES string of the molecule is CCCC[SiH](OCc1ccc2ccc3cccc4ccc1c2c34)O[SiH](CCCC)OCc1ccc2ccc3cccc4ccc1c2c34. The Morgan fingerprint density at radius 1 is 0.426 bits per heavy atom. The quantitative estimate of drug-likeness (QED) is 0.0866. The van der Waals surface area contributed by atoms with E-state index in [1.165, 1.54) is 75.8 Å². The van der Waals surface area contributed by atoms with Gasteiger partial charge in [-0.25, -0.2) is 0 Å². The summed E-state index contributed by atoms with van der Waals surface area (Å²) in [7, 11) is -3.92. The van der Waals surface area contributed by atoms with E-state index in [-0.39, 0.29) is 0 Å². The van der Waals surface area contributed by atoms with Gasteiger partial charge in [0.05, 0.1) is 13.2 Å². The van der Waals surface area contributed by atoms with Crippen molar-refractivity contribution in [3.63, 3.8) is 0 Å². The third-order valence-corrected chi connectivity index (χ3v) is 15.2. The Kier molecular flexibility index (Phi) is 8.65. The van der Waals surface area contributed by atoms with E-state index in [2.05, 4.69) is 123 Å². The van der Waals surface area contributed by atoms with Gasteiger partial charge < -0.3 is 13.0 Å². The minimum absolute atomic E-state index is 0.582. The van der Waals surface area contributed by atoms with Crippen LogP contribution in [0, 0.1) is 0 Å². The van der Waals surface area contributed by atoms with Crippen molar-refractivity contribution in [3.05, 3.63) is 120 Å². The Labute approximate surface area is 280 Å². The standard InChI is InChI=1S/C42H42O3Si2/c1-3-5-25-46(43-27-35-19-17-33-15-13-29-9-7-11-31-21-23-37(35)41(33)39(29)31)45-47(26-6-4-2)44-28-36-20-18-34-16-14-30-10-8-12-32-22-24-38(36)42(34)40(30)32/h7-24,46-47H,3-6,25-28H2,1-2H3. The van der Waals surface area contributed by atoms with E-state index >= 15 is 0 Å². The van der Waals surface area contributed by atoms with Crippen LogP contribution in [0.1, 0.15) is 50.7 Å². The molecule has 0 saturated carbocycles. The minimum Gasteiger partial charge on any atom is -0.419 e. The summed E-state index contributed by atoms with van der Waals surface area (Å²) < 4.78 is 20.6. The maximum atomic E-state index is 6.98. The summed E-state index contributed by atoms with van der Waals surface area (Å²) in [6, 6.07) is 42.3. The monoisotopic (exact) mass is 650 g/mol. The Balaban J connectivity index is 1.04. The zero-order chi connectivity index (χ0) is 31.7. The van der Waals surface area contributed by atoms with Crippen LogP contribution in [0.4, 0.5) is 0 Å². The lowest BCUT2D eigenvalue weighted by Gasteiger charge is -2.24. The molecule has 0 heterocycles. The maximum absolute atomic E-state index is 6.98. The second kappa shape index (κ2) is 13.3. The predicted molar refractivity (Wildman–Crippen MR) is 205 cm³/mol. The van der Waals surface area contributed by atoms with E-state index in [4.69, 9.17) is 13.0 Å². The molecule has 0 aliphatic rings. The molecule has 2 atom stereocenters. The largest absolute Gasteiger partial charge is 0.419 e. The minimum atomic E-state index is -1.96. The third-order valence-electron chi connectivity index (χ3n) is 9.98. The normalized spacial score (nSPS) is 13.7. The van der Waals surface area contributed by atoms with Gasteiger partial charge in [-0.3, -0.25) is 0 Å². The van der Waals surface area contributed by atoms with E-state index in [9.17, 15) is 0 Å². The summed E-state index contributed by atoms with van der Waals surface area (Å²) in [6.07, 6.45) is 4.53. The molecule has 3 nitrogen and oxygen atoms in total. The molecule has 5 heteroatoms. The van der Waals surface area contributed by atoms with Crippen molar-refractivity contribution in [1.82, 2.24) is 0 Å². The number of rotatable bonds is 14. The highest BCUT2D eigenvalue weighted by Gasteiger charge is 2.23. The Bertz CT molecular complexity index is 2100. The highest BCUT2D eigenvalue weighted by Crippen LogP contribution is 2.38. The highest BCUT2D eigenvalue weighted by atomic mass is 28.4. The van der Waals surface area contributed by atoms with Crippen LogP contribution in [-0.4, -0.2) is 18.6 Å². The van der Waals surface area contributed by atoms with Crippen LogP contribution in [-0.2, 0) is 26.2 Å². The van der Waals surface area contributed by atoms with Crippen molar-refractivity contribution in [2.75, 3.05) is 0 Å².